The van der Waals surface area contributed by atoms with Gasteiger partial charge in [0.2, 0.25) is 5.76 Å². The number of likely N-dealkylation sites (tertiary alicyclic amines) is 1. The Hall–Kier alpha value is -4.48. The third kappa shape index (κ3) is 8.47. The van der Waals surface area contributed by atoms with Gasteiger partial charge < -0.3 is 54.1 Å². The zero-order valence-corrected chi connectivity index (χ0v) is 37.4. The van der Waals surface area contributed by atoms with Gasteiger partial charge in [0.1, 0.15) is 40.8 Å². The van der Waals surface area contributed by atoms with Gasteiger partial charge in [-0.3, -0.25) is 14.6 Å². The van der Waals surface area contributed by atoms with E-state index < -0.39 is 60.4 Å². The van der Waals surface area contributed by atoms with Crippen LogP contribution in [0.4, 0.5) is 0 Å². The first-order chi connectivity index (χ1) is 31.4. The molecule has 7 aliphatic rings. The molecular weight excluding hydrogens is 837 g/mol. The maximum Gasteiger partial charge on any atom is 0.375 e. The smallest absolute Gasteiger partial charge is 0.375 e. The maximum atomic E-state index is 14.2. The van der Waals surface area contributed by atoms with Crippen molar-refractivity contribution in [3.63, 3.8) is 0 Å². The van der Waals surface area contributed by atoms with Gasteiger partial charge in [0.25, 0.3) is 0 Å². The van der Waals surface area contributed by atoms with Gasteiger partial charge in [-0.2, -0.15) is 0 Å². The Labute approximate surface area is 378 Å². The number of aliphatic hydroxyl groups excluding tert-OH is 2. The number of nitrogens with zero attached hydrogens (tertiary/aromatic N) is 2. The van der Waals surface area contributed by atoms with Crippen LogP contribution >= 0.6 is 0 Å². The van der Waals surface area contributed by atoms with Crippen molar-refractivity contribution in [1.82, 2.24) is 4.90 Å². The Morgan fingerprint density at radius 3 is 2.65 bits per heavy atom. The Morgan fingerprint density at radius 1 is 1.06 bits per heavy atom. The average molecular weight is 899 g/mol. The molecule has 0 unspecified atom stereocenters. The molecule has 1 saturated heterocycles. The zero-order chi connectivity index (χ0) is 45.6. The fraction of sp³-hybridized carbons (Fsp3) is 0.600. The average Bonchev–Trinajstić information content (AvgIpc) is 3.97. The van der Waals surface area contributed by atoms with Gasteiger partial charge in [-0.1, -0.05) is 24.1 Å². The largest absolute Gasteiger partial charge is 0.489 e. The second kappa shape index (κ2) is 18.7. The van der Waals surface area contributed by atoms with Crippen LogP contribution in [0.25, 0.3) is 11.6 Å². The van der Waals surface area contributed by atoms with E-state index in [9.17, 15) is 39.9 Å². The molecule has 4 fully saturated rings. The molecule has 15 nitrogen and oxygen atoms in total. The summed E-state index contributed by atoms with van der Waals surface area (Å²) >= 11 is 0. The number of allylic oxidation sites excluding steroid dienone is 3. The summed E-state index contributed by atoms with van der Waals surface area (Å²) in [7, 11) is 1.71. The first-order valence-corrected chi connectivity index (χ1v) is 23.5. The highest BCUT2D eigenvalue weighted by Gasteiger charge is 2.55. The number of carbonyl (C=O) groups excluding carboxylic acids is 3. The molecule has 0 amide bonds. The van der Waals surface area contributed by atoms with E-state index in [0.717, 1.165) is 61.5 Å². The second-order valence-electron chi connectivity index (χ2n) is 19.1. The molecule has 65 heavy (non-hydrogen) atoms. The second-order valence-corrected chi connectivity index (χ2v) is 19.1. The van der Waals surface area contributed by atoms with Crippen LogP contribution in [0.3, 0.4) is 0 Å². The van der Waals surface area contributed by atoms with Crippen LogP contribution in [0.1, 0.15) is 106 Å². The van der Waals surface area contributed by atoms with Crippen LogP contribution in [0.2, 0.25) is 0 Å². The molecule has 5 N–H and O–H groups in total. The summed E-state index contributed by atoms with van der Waals surface area (Å²) in [6, 6.07) is 5.66. The van der Waals surface area contributed by atoms with E-state index in [1.807, 2.05) is 24.3 Å². The number of benzene rings is 2. The number of Topliss-reactive ketones (excluding diaryl/α,β-unsaturated/α-hetero) is 1. The molecule has 0 spiro atoms. The van der Waals surface area contributed by atoms with Gasteiger partial charge in [0.05, 0.1) is 48.4 Å². The van der Waals surface area contributed by atoms with Gasteiger partial charge in [-0.15, -0.1) is 0 Å². The fourth-order valence-electron chi connectivity index (χ4n) is 12.1. The Kier molecular flexibility index (Phi) is 13.1. The minimum Gasteiger partial charge on any atom is -0.489 e. The van der Waals surface area contributed by atoms with Crippen LogP contribution in [0.15, 0.2) is 40.1 Å². The van der Waals surface area contributed by atoms with Gasteiger partial charge in [-0.05, 0) is 99.6 Å². The molecule has 2 aromatic rings. The van der Waals surface area contributed by atoms with Crippen molar-refractivity contribution in [2.75, 3.05) is 53.1 Å². The topological polar surface area (TPSA) is 214 Å². The Bertz CT molecular complexity index is 2410. The van der Waals surface area contributed by atoms with Crippen molar-refractivity contribution in [3.8, 4) is 17.2 Å². The number of piperidine rings is 1. The number of aldehydes is 1. The molecular formula is C50H62N2O13. The lowest BCUT2D eigenvalue weighted by Crippen LogP contribution is -2.59. The van der Waals surface area contributed by atoms with Crippen LogP contribution < -0.4 is 24.8 Å². The van der Waals surface area contributed by atoms with Crippen molar-refractivity contribution < 1.29 is 63.6 Å². The summed E-state index contributed by atoms with van der Waals surface area (Å²) in [5.74, 6) is -4.50. The van der Waals surface area contributed by atoms with Crippen LogP contribution in [-0.2, 0) is 36.9 Å². The molecule has 9 rings (SSSR count). The Balaban J connectivity index is 1.21. The van der Waals surface area contributed by atoms with Crippen LogP contribution in [0.5, 0.6) is 17.2 Å². The quantitative estimate of drug-likeness (QED) is 0.0847. The SMILES string of the molecule is CCOC(=O)C1=C(C=O)/C(=C2\C[C@H](CO)C(=O)[C@@H](c3ccc4c(c3)=CCN=4)C2)c2c(c(CO)c3c(c2O[C@@H]2CCCC(O)(O)C2)C[C@@H]([C@@]2(O)CCC[C@H]4CN(CCCOC)CC[C@@H]42)O3)O1. The molecule has 350 valence electrons. The third-order valence-corrected chi connectivity index (χ3v) is 15.1. The van der Waals surface area contributed by atoms with Crippen molar-refractivity contribution >= 4 is 29.7 Å². The van der Waals surface area contributed by atoms with Crippen molar-refractivity contribution in [1.29, 1.82) is 0 Å². The van der Waals surface area contributed by atoms with Crippen molar-refractivity contribution in [2.45, 2.75) is 120 Å². The number of aliphatic hydroxyl groups is 5. The summed E-state index contributed by atoms with van der Waals surface area (Å²) in [4.78, 5) is 48.7. The highest BCUT2D eigenvalue weighted by molar-refractivity contribution is 6.11. The van der Waals surface area contributed by atoms with E-state index in [1.165, 1.54) is 0 Å². The number of rotatable bonds is 13. The predicted octanol–water partition coefficient (Wildman–Crippen LogP) is 2.71. The summed E-state index contributed by atoms with van der Waals surface area (Å²) in [6.07, 6.45) is 6.25. The summed E-state index contributed by atoms with van der Waals surface area (Å²) in [5.41, 5.74) is 1.10. The lowest BCUT2D eigenvalue weighted by atomic mass is 9.63. The third-order valence-electron chi connectivity index (χ3n) is 15.1. The number of carbonyl (C=O) groups is 3. The molecule has 0 aromatic heterocycles. The van der Waals surface area contributed by atoms with E-state index in [-0.39, 0.29) is 95.9 Å². The lowest BCUT2D eigenvalue weighted by molar-refractivity contribution is -0.196. The van der Waals surface area contributed by atoms with Gasteiger partial charge in [0.15, 0.2) is 12.1 Å². The Morgan fingerprint density at radius 2 is 1.89 bits per heavy atom. The van der Waals surface area contributed by atoms with Gasteiger partial charge in [0, 0.05) is 69.0 Å². The van der Waals surface area contributed by atoms with Crippen LogP contribution in [0, 0.1) is 17.8 Å². The number of fused-ring (bicyclic) bond motifs is 4. The highest BCUT2D eigenvalue weighted by Crippen LogP contribution is 2.59. The molecule has 0 bridgehead atoms. The molecule has 4 heterocycles. The summed E-state index contributed by atoms with van der Waals surface area (Å²) < 4.78 is 31.1. The number of methoxy groups -OCH3 is 1. The molecule has 3 aliphatic carbocycles. The van der Waals surface area contributed by atoms with E-state index in [4.69, 9.17) is 23.7 Å². The first-order valence-electron chi connectivity index (χ1n) is 23.5. The molecule has 7 atom stereocenters. The monoisotopic (exact) mass is 898 g/mol. The highest BCUT2D eigenvalue weighted by atomic mass is 16.6. The van der Waals surface area contributed by atoms with Crippen molar-refractivity contribution in [2.24, 2.45) is 22.7 Å². The summed E-state index contributed by atoms with van der Waals surface area (Å²) in [5, 5.41) is 58.7. The minimum absolute atomic E-state index is 0.00580. The normalized spacial score (nSPS) is 30.5. The van der Waals surface area contributed by atoms with Crippen LogP contribution in [-0.4, -0.2) is 125 Å². The number of esters is 1. The lowest BCUT2D eigenvalue weighted by Gasteiger charge is -2.51. The number of hydrogen-bond donors (Lipinski definition) is 5. The van der Waals surface area contributed by atoms with E-state index >= 15 is 0 Å². The number of ketones is 1. The molecule has 15 heteroatoms. The van der Waals surface area contributed by atoms with Crippen molar-refractivity contribution in [3.05, 3.63) is 67.9 Å². The molecule has 0 radical (unpaired) electrons. The van der Waals surface area contributed by atoms with E-state index in [2.05, 4.69) is 9.89 Å². The number of hydrogen-bond acceptors (Lipinski definition) is 15. The van der Waals surface area contributed by atoms with E-state index in [0.29, 0.717) is 49.8 Å². The first kappa shape index (κ1) is 45.7. The van der Waals surface area contributed by atoms with E-state index in [1.54, 1.807) is 14.0 Å². The number of ether oxygens (including phenoxy) is 5. The van der Waals surface area contributed by atoms with Gasteiger partial charge >= 0.3 is 5.97 Å². The minimum atomic E-state index is -2.00. The molecule has 3 saturated carbocycles. The molecule has 2 aromatic carbocycles. The zero-order valence-electron chi connectivity index (χ0n) is 37.4. The summed E-state index contributed by atoms with van der Waals surface area (Å²) in [6.45, 7) is 4.30. The standard InChI is InChI=1S/C50H62N2O13/c1-3-62-48(57)47-36(26-54)41(31-20-32(25-53)43(56)34(21-31)28-9-10-39-29(19-28)11-15-51-39)42-45(63-33-8-5-13-49(58,59)23-33)35-22-40(64-44(35)37(27-55)46(42)65-47)50(60)14-4-7-30-24-52(16-6-18-61-2)17-12-38(30)50/h9-11,19,26,30,32-34,38,40,53,55,58-60H,3-8,12-18,20-25,27H2,1-2H3/b41-31-/t30-,32+,33+,34+,38-,40-,50+/m0/s1. The predicted molar refractivity (Wildman–Crippen MR) is 235 cm³/mol. The van der Waals surface area contributed by atoms with Gasteiger partial charge in [-0.25, -0.2) is 4.79 Å². The fourth-order valence-corrected chi connectivity index (χ4v) is 12.1. The molecule has 4 aliphatic heterocycles. The maximum absolute atomic E-state index is 14.2.